The van der Waals surface area contributed by atoms with Crippen LogP contribution in [-0.4, -0.2) is 44.8 Å². The first-order valence-electron chi connectivity index (χ1n) is 7.56. The van der Waals surface area contributed by atoms with Crippen LogP contribution in [0.4, 0.5) is 0 Å². The van der Waals surface area contributed by atoms with Gasteiger partial charge in [0.1, 0.15) is 0 Å². The van der Waals surface area contributed by atoms with Crippen molar-refractivity contribution in [1.82, 2.24) is 15.1 Å². The number of hydrogen-bond donors (Lipinski definition) is 2. The number of aliphatic hydroxyl groups is 1. The molecule has 0 saturated carbocycles. The van der Waals surface area contributed by atoms with Crippen molar-refractivity contribution in [3.8, 4) is 0 Å². The van der Waals surface area contributed by atoms with E-state index in [4.69, 9.17) is 0 Å². The quantitative estimate of drug-likeness (QED) is 0.875. The molecule has 6 nitrogen and oxygen atoms in total. The highest BCUT2D eigenvalue weighted by Crippen LogP contribution is 2.21. The Bertz CT molecular complexity index is 754. The van der Waals surface area contributed by atoms with E-state index in [-0.39, 0.29) is 17.2 Å². The zero-order chi connectivity index (χ0) is 15.7. The molecule has 2 heterocycles. The summed E-state index contributed by atoms with van der Waals surface area (Å²) in [6.07, 6.45) is 1.97. The number of likely N-dealkylation sites (tertiary alicyclic amines) is 1. The summed E-state index contributed by atoms with van der Waals surface area (Å²) >= 11 is 0. The van der Waals surface area contributed by atoms with Crippen LogP contribution in [0.5, 0.6) is 0 Å². The maximum absolute atomic E-state index is 12.7. The average molecular weight is 301 g/mol. The summed E-state index contributed by atoms with van der Waals surface area (Å²) in [5.41, 5.74) is 0.135. The van der Waals surface area contributed by atoms with Gasteiger partial charge < -0.3 is 10.0 Å². The first kappa shape index (κ1) is 14.7. The van der Waals surface area contributed by atoms with Crippen LogP contribution in [0.1, 0.15) is 36.7 Å². The Morgan fingerprint density at radius 2 is 2.18 bits per heavy atom. The molecule has 0 spiro atoms. The molecule has 2 unspecified atom stereocenters. The number of aromatic amines is 1. The number of rotatable bonds is 2. The molecule has 22 heavy (non-hydrogen) atoms. The summed E-state index contributed by atoms with van der Waals surface area (Å²) in [5, 5.41) is 17.1. The standard InChI is InChI=1S/C16H19N3O3/c1-10(20)13-8-4-5-9-19(13)16(22)14-15(21)11-6-2-3-7-12(11)17-18-14/h2-3,6-7,10,13,20H,4-5,8-9H2,1H3,(H,17,21). The number of para-hydroxylation sites is 1. The van der Waals surface area contributed by atoms with E-state index < -0.39 is 12.0 Å². The van der Waals surface area contributed by atoms with Gasteiger partial charge in [-0.3, -0.25) is 14.7 Å². The lowest BCUT2D eigenvalue weighted by atomic mass is 9.97. The van der Waals surface area contributed by atoms with Gasteiger partial charge in [0.05, 0.1) is 17.7 Å². The summed E-state index contributed by atoms with van der Waals surface area (Å²) in [6, 6.07) is 6.72. The Morgan fingerprint density at radius 1 is 1.41 bits per heavy atom. The molecule has 2 aromatic rings. The number of benzene rings is 1. The lowest BCUT2D eigenvalue weighted by Crippen LogP contribution is -2.50. The van der Waals surface area contributed by atoms with Crippen LogP contribution in [0.3, 0.4) is 0 Å². The molecule has 1 amide bonds. The lowest BCUT2D eigenvalue weighted by molar-refractivity contribution is 0.0275. The number of fused-ring (bicyclic) bond motifs is 1. The minimum absolute atomic E-state index is 0.105. The van der Waals surface area contributed by atoms with Gasteiger partial charge in [-0.15, -0.1) is 0 Å². The first-order valence-corrected chi connectivity index (χ1v) is 7.56. The van der Waals surface area contributed by atoms with Crippen molar-refractivity contribution >= 4 is 16.8 Å². The Balaban J connectivity index is 2.01. The van der Waals surface area contributed by atoms with Gasteiger partial charge in [0, 0.05) is 11.9 Å². The summed E-state index contributed by atoms with van der Waals surface area (Å²) < 4.78 is 0. The van der Waals surface area contributed by atoms with Crippen LogP contribution >= 0.6 is 0 Å². The molecule has 6 heteroatoms. The molecular weight excluding hydrogens is 282 g/mol. The van der Waals surface area contributed by atoms with Crippen molar-refractivity contribution in [3.05, 3.63) is 40.2 Å². The summed E-state index contributed by atoms with van der Waals surface area (Å²) in [5.74, 6) is -0.405. The first-order chi connectivity index (χ1) is 10.6. The number of carbonyl (C=O) groups excluding carboxylic acids is 1. The van der Waals surface area contributed by atoms with Gasteiger partial charge in [-0.05, 0) is 38.3 Å². The van der Waals surface area contributed by atoms with Crippen molar-refractivity contribution in [3.63, 3.8) is 0 Å². The van der Waals surface area contributed by atoms with Crippen molar-refractivity contribution in [2.45, 2.75) is 38.3 Å². The third-order valence-corrected chi connectivity index (χ3v) is 4.24. The molecule has 1 aliphatic heterocycles. The largest absolute Gasteiger partial charge is 0.391 e. The molecule has 0 aliphatic carbocycles. The maximum Gasteiger partial charge on any atom is 0.278 e. The van der Waals surface area contributed by atoms with Crippen molar-refractivity contribution in [1.29, 1.82) is 0 Å². The van der Waals surface area contributed by atoms with Gasteiger partial charge in [-0.1, -0.05) is 12.1 Å². The fourth-order valence-electron chi connectivity index (χ4n) is 3.07. The van der Waals surface area contributed by atoms with Crippen LogP contribution in [0.25, 0.3) is 10.9 Å². The van der Waals surface area contributed by atoms with E-state index in [9.17, 15) is 14.7 Å². The molecular formula is C16H19N3O3. The molecule has 1 fully saturated rings. The molecule has 2 N–H and O–H groups in total. The molecule has 2 atom stereocenters. The molecule has 0 bridgehead atoms. The summed E-state index contributed by atoms with van der Waals surface area (Å²) in [7, 11) is 0. The van der Waals surface area contributed by atoms with Crippen molar-refractivity contribution < 1.29 is 9.90 Å². The second-order valence-corrected chi connectivity index (χ2v) is 5.75. The number of aliphatic hydroxyl groups excluding tert-OH is 1. The van der Waals surface area contributed by atoms with Gasteiger partial charge in [0.2, 0.25) is 5.43 Å². The van der Waals surface area contributed by atoms with Crippen molar-refractivity contribution in [2.24, 2.45) is 0 Å². The van der Waals surface area contributed by atoms with Crippen LogP contribution < -0.4 is 5.43 Å². The number of nitrogens with zero attached hydrogens (tertiary/aromatic N) is 2. The van der Waals surface area contributed by atoms with E-state index >= 15 is 0 Å². The number of amides is 1. The highest BCUT2D eigenvalue weighted by Gasteiger charge is 2.32. The normalized spacial score (nSPS) is 20.1. The highest BCUT2D eigenvalue weighted by molar-refractivity contribution is 5.95. The highest BCUT2D eigenvalue weighted by atomic mass is 16.3. The predicted molar refractivity (Wildman–Crippen MR) is 82.7 cm³/mol. The lowest BCUT2D eigenvalue weighted by Gasteiger charge is -2.37. The summed E-state index contributed by atoms with van der Waals surface area (Å²) in [4.78, 5) is 26.8. The Kier molecular flexibility index (Phi) is 3.94. The zero-order valence-corrected chi connectivity index (χ0v) is 12.5. The monoisotopic (exact) mass is 301 g/mol. The summed E-state index contributed by atoms with van der Waals surface area (Å²) in [6.45, 7) is 2.22. The Morgan fingerprint density at radius 3 is 2.95 bits per heavy atom. The van der Waals surface area contributed by atoms with E-state index in [1.807, 2.05) is 0 Å². The third kappa shape index (κ3) is 2.50. The van der Waals surface area contributed by atoms with E-state index in [1.54, 1.807) is 36.1 Å². The Labute approximate surface area is 127 Å². The van der Waals surface area contributed by atoms with Gasteiger partial charge in [0.15, 0.2) is 5.69 Å². The SMILES string of the molecule is CC(O)C1CCCCN1C(=O)c1n[nH]c2ccccc2c1=O. The molecule has 116 valence electrons. The van der Waals surface area contributed by atoms with Crippen LogP contribution in [-0.2, 0) is 0 Å². The maximum atomic E-state index is 12.7. The fraction of sp³-hybridized carbons (Fsp3) is 0.438. The second-order valence-electron chi connectivity index (χ2n) is 5.75. The molecule has 3 rings (SSSR count). The number of carbonyl (C=O) groups is 1. The topological polar surface area (TPSA) is 86.3 Å². The Hall–Kier alpha value is -2.21. The predicted octanol–water partition coefficient (Wildman–Crippen LogP) is 1.30. The molecule has 1 saturated heterocycles. The van der Waals surface area contributed by atoms with E-state index in [2.05, 4.69) is 10.2 Å². The number of H-pyrrole nitrogens is 1. The van der Waals surface area contributed by atoms with Gasteiger partial charge >= 0.3 is 0 Å². The third-order valence-electron chi connectivity index (χ3n) is 4.24. The van der Waals surface area contributed by atoms with Crippen LogP contribution in [0, 0.1) is 0 Å². The van der Waals surface area contributed by atoms with Gasteiger partial charge in [-0.2, -0.15) is 5.10 Å². The average Bonchev–Trinajstić information content (AvgIpc) is 2.55. The minimum atomic E-state index is -0.621. The second kappa shape index (κ2) is 5.88. The minimum Gasteiger partial charge on any atom is -0.391 e. The number of hydrogen-bond acceptors (Lipinski definition) is 4. The smallest absolute Gasteiger partial charge is 0.278 e. The van der Waals surface area contributed by atoms with E-state index in [1.165, 1.54) is 0 Å². The van der Waals surface area contributed by atoms with E-state index in [0.29, 0.717) is 17.4 Å². The zero-order valence-electron chi connectivity index (χ0n) is 12.5. The number of piperidine rings is 1. The fourth-order valence-corrected chi connectivity index (χ4v) is 3.07. The number of nitrogens with one attached hydrogen (secondary N) is 1. The van der Waals surface area contributed by atoms with Crippen LogP contribution in [0.2, 0.25) is 0 Å². The van der Waals surface area contributed by atoms with Gasteiger partial charge in [-0.25, -0.2) is 0 Å². The van der Waals surface area contributed by atoms with E-state index in [0.717, 1.165) is 19.3 Å². The molecule has 0 radical (unpaired) electrons. The van der Waals surface area contributed by atoms with Crippen molar-refractivity contribution in [2.75, 3.05) is 6.54 Å². The molecule has 1 aromatic heterocycles. The number of aromatic nitrogens is 2. The van der Waals surface area contributed by atoms with Gasteiger partial charge in [0.25, 0.3) is 5.91 Å². The molecule has 1 aromatic carbocycles. The van der Waals surface area contributed by atoms with Crippen LogP contribution in [0.15, 0.2) is 29.1 Å². The molecule has 1 aliphatic rings.